The molecule has 10 aromatic carbocycles. The highest BCUT2D eigenvalue weighted by Crippen LogP contribution is 2.56. The van der Waals surface area contributed by atoms with Crippen molar-refractivity contribution in [1.29, 1.82) is 0 Å². The zero-order valence-electron chi connectivity index (χ0n) is 32.5. The highest BCUT2D eigenvalue weighted by Gasteiger charge is 2.29. The third kappa shape index (κ3) is 5.53. The van der Waals surface area contributed by atoms with Gasteiger partial charge in [0.1, 0.15) is 23.0 Å². The summed E-state index contributed by atoms with van der Waals surface area (Å²) in [6.45, 7) is 0. The van der Waals surface area contributed by atoms with E-state index in [1.165, 1.54) is 10.8 Å². The smallest absolute Gasteiger partial charge is 0.137 e. The van der Waals surface area contributed by atoms with Gasteiger partial charge in [-0.15, -0.1) is 0 Å². The fraction of sp³-hybridized carbons (Fsp3) is 0. The quantitative estimate of drug-likeness (QED) is 0.161. The van der Waals surface area contributed by atoms with Gasteiger partial charge < -0.3 is 19.3 Å². The maximum absolute atomic E-state index is 6.88. The Balaban J connectivity index is 0.951. The zero-order valence-corrected chi connectivity index (χ0v) is 32.5. The summed E-state index contributed by atoms with van der Waals surface area (Å²) in [5.41, 5.74) is 13.0. The van der Waals surface area contributed by atoms with Crippen LogP contribution in [0.1, 0.15) is 0 Å². The summed E-state index contributed by atoms with van der Waals surface area (Å²) in [7, 11) is 0. The van der Waals surface area contributed by atoms with Crippen LogP contribution >= 0.6 is 0 Å². The molecule has 0 amide bonds. The molecule has 0 fully saturated rings. The van der Waals surface area contributed by atoms with Crippen LogP contribution in [0.15, 0.2) is 218 Å². The molecule has 2 aliphatic rings. The van der Waals surface area contributed by atoms with Crippen molar-refractivity contribution in [2.75, 3.05) is 9.80 Å². The standard InChI is InChI=1S/C56H36N2O2/c1-4-15-38(16-5-1)45-22-12-13-23-50(45)58(41-20-8-3-9-21-41)44-27-29-47-49-31-32-51-55-48(30-33-52(56(49)55)60-54(47)36-44)46-28-26-43(35-53(46)59-51)57(40-18-6-2-7-19-40)42-25-24-37-14-10-11-17-39(37)34-42/h1-36H. The van der Waals surface area contributed by atoms with Crippen LogP contribution in [0.2, 0.25) is 0 Å². The molecule has 0 aromatic heterocycles. The normalized spacial score (nSPS) is 11.9. The predicted octanol–water partition coefficient (Wildman–Crippen LogP) is 16.1. The molecule has 0 spiro atoms. The van der Waals surface area contributed by atoms with Gasteiger partial charge in [0.05, 0.1) is 5.69 Å². The molecule has 60 heavy (non-hydrogen) atoms. The third-order valence-corrected chi connectivity index (χ3v) is 11.8. The molecule has 4 nitrogen and oxygen atoms in total. The van der Waals surface area contributed by atoms with Crippen molar-refractivity contribution in [1.82, 2.24) is 0 Å². The van der Waals surface area contributed by atoms with Gasteiger partial charge in [-0.1, -0.05) is 115 Å². The summed E-state index contributed by atoms with van der Waals surface area (Å²) < 4.78 is 13.7. The van der Waals surface area contributed by atoms with E-state index in [-0.39, 0.29) is 0 Å². The van der Waals surface area contributed by atoms with Gasteiger partial charge in [-0.05, 0) is 118 Å². The molecule has 10 aromatic rings. The van der Waals surface area contributed by atoms with Crippen molar-refractivity contribution >= 4 is 55.7 Å². The molecular formula is C56H36N2O2. The molecule has 282 valence electrons. The van der Waals surface area contributed by atoms with Gasteiger partial charge in [0.2, 0.25) is 0 Å². The van der Waals surface area contributed by atoms with Crippen LogP contribution in [-0.4, -0.2) is 0 Å². The first-order valence-electron chi connectivity index (χ1n) is 20.3. The van der Waals surface area contributed by atoms with Gasteiger partial charge >= 0.3 is 0 Å². The Hall–Kier alpha value is -8.08. The van der Waals surface area contributed by atoms with Crippen LogP contribution in [0.3, 0.4) is 0 Å². The Kier molecular flexibility index (Phi) is 7.82. The van der Waals surface area contributed by atoms with Gasteiger partial charge in [-0.3, -0.25) is 0 Å². The first kappa shape index (κ1) is 34.0. The van der Waals surface area contributed by atoms with Gasteiger partial charge in [0, 0.05) is 68.0 Å². The lowest BCUT2D eigenvalue weighted by Gasteiger charge is -2.31. The molecule has 4 heteroatoms. The Morgan fingerprint density at radius 1 is 0.267 bits per heavy atom. The van der Waals surface area contributed by atoms with E-state index in [1.807, 2.05) is 0 Å². The van der Waals surface area contributed by atoms with Crippen molar-refractivity contribution in [3.8, 4) is 56.4 Å². The first-order chi connectivity index (χ1) is 29.7. The van der Waals surface area contributed by atoms with Gasteiger partial charge in [-0.2, -0.15) is 0 Å². The van der Waals surface area contributed by atoms with Crippen LogP contribution in [0, 0.1) is 0 Å². The van der Waals surface area contributed by atoms with E-state index in [1.54, 1.807) is 0 Å². The van der Waals surface area contributed by atoms with Crippen LogP contribution in [0.4, 0.5) is 34.1 Å². The molecule has 12 rings (SSSR count). The lowest BCUT2D eigenvalue weighted by molar-refractivity contribution is 0.480. The molecule has 0 N–H and O–H groups in total. The third-order valence-electron chi connectivity index (χ3n) is 11.8. The Bertz CT molecular complexity index is 3270. The molecule has 0 atom stereocenters. The number of ether oxygens (including phenoxy) is 2. The molecule has 0 saturated carbocycles. The zero-order chi connectivity index (χ0) is 39.6. The minimum Gasteiger partial charge on any atom is -0.456 e. The topological polar surface area (TPSA) is 24.9 Å². The number of hydrogen-bond donors (Lipinski definition) is 0. The van der Waals surface area contributed by atoms with Crippen LogP contribution in [-0.2, 0) is 0 Å². The molecule has 0 aliphatic carbocycles. The van der Waals surface area contributed by atoms with Crippen LogP contribution < -0.4 is 19.3 Å². The maximum Gasteiger partial charge on any atom is 0.137 e. The Labute approximate surface area is 348 Å². The molecule has 0 radical (unpaired) electrons. The van der Waals surface area contributed by atoms with Gasteiger partial charge in [-0.25, -0.2) is 0 Å². The fourth-order valence-corrected chi connectivity index (χ4v) is 9.08. The van der Waals surface area contributed by atoms with Crippen molar-refractivity contribution in [3.63, 3.8) is 0 Å². The monoisotopic (exact) mass is 768 g/mol. The second-order valence-electron chi connectivity index (χ2n) is 15.3. The van der Waals surface area contributed by atoms with E-state index in [0.29, 0.717) is 0 Å². The van der Waals surface area contributed by atoms with Crippen molar-refractivity contribution in [3.05, 3.63) is 218 Å². The summed E-state index contributed by atoms with van der Waals surface area (Å²) in [6, 6.07) is 77.1. The molecule has 2 heterocycles. The predicted molar refractivity (Wildman–Crippen MR) is 247 cm³/mol. The molecule has 0 bridgehead atoms. The molecule has 0 saturated heterocycles. The summed E-state index contributed by atoms with van der Waals surface area (Å²) in [4.78, 5) is 4.61. The minimum atomic E-state index is 0.817. The van der Waals surface area contributed by atoms with Crippen molar-refractivity contribution < 1.29 is 9.47 Å². The number of para-hydroxylation sites is 3. The van der Waals surface area contributed by atoms with E-state index in [2.05, 4.69) is 228 Å². The van der Waals surface area contributed by atoms with Crippen LogP contribution in [0.25, 0.3) is 54.9 Å². The highest BCUT2D eigenvalue weighted by atomic mass is 16.5. The lowest BCUT2D eigenvalue weighted by atomic mass is 9.88. The minimum absolute atomic E-state index is 0.817. The van der Waals surface area contributed by atoms with Crippen LogP contribution in [0.5, 0.6) is 23.0 Å². The highest BCUT2D eigenvalue weighted by molar-refractivity contribution is 6.14. The lowest BCUT2D eigenvalue weighted by Crippen LogP contribution is -2.12. The molecular weight excluding hydrogens is 733 g/mol. The van der Waals surface area contributed by atoms with Gasteiger partial charge in [0.15, 0.2) is 0 Å². The summed E-state index contributed by atoms with van der Waals surface area (Å²) in [5, 5.41) is 4.54. The Morgan fingerprint density at radius 3 is 1.37 bits per heavy atom. The number of benzene rings is 10. The average molecular weight is 769 g/mol. The summed E-state index contributed by atoms with van der Waals surface area (Å²) in [5.74, 6) is 3.28. The van der Waals surface area contributed by atoms with Crippen molar-refractivity contribution in [2.45, 2.75) is 0 Å². The van der Waals surface area contributed by atoms with Crippen molar-refractivity contribution in [2.24, 2.45) is 0 Å². The van der Waals surface area contributed by atoms with E-state index in [9.17, 15) is 0 Å². The van der Waals surface area contributed by atoms with Gasteiger partial charge in [0.25, 0.3) is 0 Å². The SMILES string of the molecule is c1ccc(-c2ccccc2N(c2ccccc2)c2ccc3c(c2)Oc2ccc4c5c(ccc-3c25)Oc2cc(N(c3ccccc3)c3ccc5ccccc5c3)ccc2-4)cc1. The molecule has 0 unspecified atom stereocenters. The number of fused-ring (bicyclic) bond motifs is 5. The average Bonchev–Trinajstić information content (AvgIpc) is 3.31. The molecule has 2 aliphatic heterocycles. The number of hydrogen-bond acceptors (Lipinski definition) is 4. The van der Waals surface area contributed by atoms with E-state index in [0.717, 1.165) is 101 Å². The second kappa shape index (κ2) is 13.8. The van der Waals surface area contributed by atoms with E-state index >= 15 is 0 Å². The number of rotatable bonds is 7. The first-order valence-corrected chi connectivity index (χ1v) is 20.3. The van der Waals surface area contributed by atoms with E-state index in [4.69, 9.17) is 9.47 Å². The largest absolute Gasteiger partial charge is 0.456 e. The van der Waals surface area contributed by atoms with E-state index < -0.39 is 0 Å². The second-order valence-corrected chi connectivity index (χ2v) is 15.3. The summed E-state index contributed by atoms with van der Waals surface area (Å²) >= 11 is 0. The summed E-state index contributed by atoms with van der Waals surface area (Å²) in [6.07, 6.45) is 0. The fourth-order valence-electron chi connectivity index (χ4n) is 9.08. The maximum atomic E-state index is 6.88. The Morgan fingerprint density at radius 2 is 0.733 bits per heavy atom. The number of anilines is 6. The number of nitrogens with zero attached hydrogens (tertiary/aromatic N) is 2.